The van der Waals surface area contributed by atoms with Crippen molar-refractivity contribution in [3.05, 3.63) is 40.7 Å². The second kappa shape index (κ2) is 2.87. The van der Waals surface area contributed by atoms with Crippen molar-refractivity contribution in [3.8, 4) is 0 Å². The minimum absolute atomic E-state index is 0.166. The molecule has 0 radical (unpaired) electrons. The first-order valence-electron chi connectivity index (χ1n) is 4.38. The summed E-state index contributed by atoms with van der Waals surface area (Å²) in [5.74, 6) is -0.166. The van der Waals surface area contributed by atoms with Crippen LogP contribution in [0.15, 0.2) is 23.8 Å². The summed E-state index contributed by atoms with van der Waals surface area (Å²) in [5, 5.41) is 3.11. The molecule has 2 heteroatoms. The lowest BCUT2D eigenvalue weighted by Crippen LogP contribution is -2.04. The van der Waals surface area contributed by atoms with E-state index in [1.54, 1.807) is 6.07 Å². The molecule has 0 heterocycles. The van der Waals surface area contributed by atoms with Crippen LogP contribution in [0.2, 0.25) is 0 Å². The first-order chi connectivity index (χ1) is 6.22. The van der Waals surface area contributed by atoms with Gasteiger partial charge in [-0.05, 0) is 36.6 Å². The molecule has 1 aliphatic rings. The van der Waals surface area contributed by atoms with Gasteiger partial charge in [0, 0.05) is 18.3 Å². The number of rotatable bonds is 1. The number of benzene rings is 1. The van der Waals surface area contributed by atoms with Crippen LogP contribution in [0.1, 0.15) is 18.1 Å². The average molecular weight is 177 g/mol. The molecule has 0 spiro atoms. The quantitative estimate of drug-likeness (QED) is 0.694. The van der Waals surface area contributed by atoms with E-state index in [0.29, 0.717) is 0 Å². The maximum atomic E-state index is 12.9. The number of nitrogens with one attached hydrogen (secondary N) is 1. The molecule has 1 aromatic carbocycles. The van der Waals surface area contributed by atoms with Gasteiger partial charge in [0.2, 0.25) is 0 Å². The van der Waals surface area contributed by atoms with Crippen LogP contribution in [0.5, 0.6) is 0 Å². The highest BCUT2D eigenvalue weighted by Gasteiger charge is 2.17. The minimum atomic E-state index is -0.166. The van der Waals surface area contributed by atoms with Crippen molar-refractivity contribution in [3.63, 3.8) is 0 Å². The van der Waals surface area contributed by atoms with Crippen molar-refractivity contribution in [1.82, 2.24) is 5.32 Å². The van der Waals surface area contributed by atoms with Crippen molar-refractivity contribution < 1.29 is 4.39 Å². The van der Waals surface area contributed by atoms with Crippen molar-refractivity contribution >= 4 is 5.70 Å². The first-order valence-corrected chi connectivity index (χ1v) is 4.38. The number of hydrogen-bond donors (Lipinski definition) is 1. The maximum Gasteiger partial charge on any atom is 0.123 e. The Morgan fingerprint density at radius 1 is 1.38 bits per heavy atom. The minimum Gasteiger partial charge on any atom is -0.388 e. The summed E-state index contributed by atoms with van der Waals surface area (Å²) in [6.07, 6.45) is 0.936. The fourth-order valence-corrected chi connectivity index (χ4v) is 1.89. The lowest BCUT2D eigenvalue weighted by atomic mass is 10.1. The summed E-state index contributed by atoms with van der Waals surface area (Å²) in [6, 6.07) is 4.97. The predicted octanol–water partition coefficient (Wildman–Crippen LogP) is 2.33. The van der Waals surface area contributed by atoms with Crippen LogP contribution in [0.3, 0.4) is 0 Å². The molecule has 0 saturated carbocycles. The Balaban J connectivity index is 2.55. The van der Waals surface area contributed by atoms with Gasteiger partial charge in [0.15, 0.2) is 0 Å². The molecule has 0 bridgehead atoms. The summed E-state index contributed by atoms with van der Waals surface area (Å²) < 4.78 is 12.9. The molecule has 1 N–H and O–H groups in total. The Morgan fingerprint density at radius 2 is 2.15 bits per heavy atom. The first kappa shape index (κ1) is 8.30. The number of allylic oxidation sites excluding steroid dienone is 1. The van der Waals surface area contributed by atoms with Crippen molar-refractivity contribution in [2.24, 2.45) is 0 Å². The zero-order valence-electron chi connectivity index (χ0n) is 7.82. The third kappa shape index (κ3) is 1.22. The molecule has 0 aromatic heterocycles. The van der Waals surface area contributed by atoms with E-state index < -0.39 is 0 Å². The van der Waals surface area contributed by atoms with Gasteiger partial charge in [-0.1, -0.05) is 6.07 Å². The third-order valence-electron chi connectivity index (χ3n) is 2.47. The Bertz CT molecular complexity index is 380. The van der Waals surface area contributed by atoms with Gasteiger partial charge in [0.05, 0.1) is 0 Å². The van der Waals surface area contributed by atoms with E-state index in [9.17, 15) is 4.39 Å². The molecule has 13 heavy (non-hydrogen) atoms. The van der Waals surface area contributed by atoms with E-state index in [2.05, 4.69) is 12.2 Å². The van der Waals surface area contributed by atoms with E-state index in [1.165, 1.54) is 17.2 Å². The van der Waals surface area contributed by atoms with Gasteiger partial charge in [-0.15, -0.1) is 0 Å². The van der Waals surface area contributed by atoms with Gasteiger partial charge >= 0.3 is 0 Å². The van der Waals surface area contributed by atoms with Crippen molar-refractivity contribution in [2.75, 3.05) is 7.05 Å². The monoisotopic (exact) mass is 177 g/mol. The number of fused-ring (bicyclic) bond motifs is 1. The van der Waals surface area contributed by atoms with Gasteiger partial charge in [0.25, 0.3) is 0 Å². The zero-order valence-corrected chi connectivity index (χ0v) is 7.82. The molecule has 0 aliphatic heterocycles. The topological polar surface area (TPSA) is 12.0 Å². The average Bonchev–Trinajstić information content (AvgIpc) is 2.40. The summed E-state index contributed by atoms with van der Waals surface area (Å²) in [4.78, 5) is 0. The van der Waals surface area contributed by atoms with E-state index >= 15 is 0 Å². The van der Waals surface area contributed by atoms with E-state index in [-0.39, 0.29) is 5.82 Å². The van der Waals surface area contributed by atoms with Crippen LogP contribution in [0, 0.1) is 5.82 Å². The van der Waals surface area contributed by atoms with Crippen LogP contribution in [-0.2, 0) is 6.42 Å². The standard InChI is InChI=1S/C11H12FN/c1-7-5-8-3-4-9(12)6-10(8)11(7)13-2/h3-4,6,13H,5H2,1-2H3. The molecule has 0 fully saturated rings. The lowest BCUT2D eigenvalue weighted by molar-refractivity contribution is 0.627. The normalized spacial score (nSPS) is 14.7. The third-order valence-corrected chi connectivity index (χ3v) is 2.47. The van der Waals surface area contributed by atoms with Crippen LogP contribution >= 0.6 is 0 Å². The van der Waals surface area contributed by atoms with E-state index in [0.717, 1.165) is 17.7 Å². The van der Waals surface area contributed by atoms with Gasteiger partial charge in [-0.25, -0.2) is 4.39 Å². The summed E-state index contributed by atoms with van der Waals surface area (Å²) >= 11 is 0. The predicted molar refractivity (Wildman–Crippen MR) is 51.8 cm³/mol. The molecule has 68 valence electrons. The molecule has 1 aromatic rings. The fraction of sp³-hybridized carbons (Fsp3) is 0.273. The van der Waals surface area contributed by atoms with Crippen LogP contribution in [0.25, 0.3) is 5.70 Å². The highest BCUT2D eigenvalue weighted by Crippen LogP contribution is 2.30. The molecule has 1 nitrogen and oxygen atoms in total. The zero-order chi connectivity index (χ0) is 9.42. The smallest absolute Gasteiger partial charge is 0.123 e. The SMILES string of the molecule is CNC1=C(C)Cc2ccc(F)cc21. The summed E-state index contributed by atoms with van der Waals surface area (Å²) in [7, 11) is 1.87. The van der Waals surface area contributed by atoms with Crippen molar-refractivity contribution in [2.45, 2.75) is 13.3 Å². The highest BCUT2D eigenvalue weighted by atomic mass is 19.1. The number of hydrogen-bond acceptors (Lipinski definition) is 1. The summed E-state index contributed by atoms with van der Waals surface area (Å²) in [5.41, 5.74) is 4.58. The Morgan fingerprint density at radius 3 is 2.85 bits per heavy atom. The van der Waals surface area contributed by atoms with Gasteiger partial charge in [-0.3, -0.25) is 0 Å². The van der Waals surface area contributed by atoms with Crippen molar-refractivity contribution in [1.29, 1.82) is 0 Å². The Labute approximate surface area is 77.3 Å². The highest BCUT2D eigenvalue weighted by molar-refractivity contribution is 5.74. The van der Waals surface area contributed by atoms with Gasteiger partial charge in [-0.2, -0.15) is 0 Å². The second-order valence-electron chi connectivity index (χ2n) is 3.38. The van der Waals surface area contributed by atoms with Crippen LogP contribution in [-0.4, -0.2) is 7.05 Å². The molecular formula is C11H12FN. The van der Waals surface area contributed by atoms with E-state index in [4.69, 9.17) is 0 Å². The number of halogens is 1. The van der Waals surface area contributed by atoms with Crippen LogP contribution < -0.4 is 5.32 Å². The molecule has 0 amide bonds. The molecule has 0 unspecified atom stereocenters. The van der Waals surface area contributed by atoms with Crippen LogP contribution in [0.4, 0.5) is 4.39 Å². The molecule has 0 atom stereocenters. The largest absolute Gasteiger partial charge is 0.388 e. The van der Waals surface area contributed by atoms with Gasteiger partial charge < -0.3 is 5.32 Å². The molecule has 2 rings (SSSR count). The second-order valence-corrected chi connectivity index (χ2v) is 3.38. The molecular weight excluding hydrogens is 165 g/mol. The Kier molecular flexibility index (Phi) is 1.83. The summed E-state index contributed by atoms with van der Waals surface area (Å²) in [6.45, 7) is 2.07. The van der Waals surface area contributed by atoms with Gasteiger partial charge in [0.1, 0.15) is 5.82 Å². The molecule has 0 saturated heterocycles. The Hall–Kier alpha value is -1.31. The maximum absolute atomic E-state index is 12.9. The molecule has 1 aliphatic carbocycles. The lowest BCUT2D eigenvalue weighted by Gasteiger charge is -2.04. The fourth-order valence-electron chi connectivity index (χ4n) is 1.89. The van der Waals surface area contributed by atoms with E-state index in [1.807, 2.05) is 13.1 Å².